The summed E-state index contributed by atoms with van der Waals surface area (Å²) in [5.41, 5.74) is 2.25. The lowest BCUT2D eigenvalue weighted by atomic mass is 10.1. The molecule has 24 heavy (non-hydrogen) atoms. The summed E-state index contributed by atoms with van der Waals surface area (Å²) in [4.78, 5) is 14.2. The number of aryl methyl sites for hydroxylation is 2. The Labute approximate surface area is 142 Å². The van der Waals surface area contributed by atoms with Gasteiger partial charge in [0.05, 0.1) is 23.9 Å². The normalized spacial score (nSPS) is 12.0. The van der Waals surface area contributed by atoms with Crippen LogP contribution in [0.4, 0.5) is 0 Å². The van der Waals surface area contributed by atoms with Crippen molar-refractivity contribution in [3.8, 4) is 5.75 Å². The van der Waals surface area contributed by atoms with Crippen LogP contribution >= 0.6 is 0 Å². The van der Waals surface area contributed by atoms with Gasteiger partial charge in [0.25, 0.3) is 5.91 Å². The number of hydrogen-bond donors (Lipinski definition) is 1. The molecule has 6 nitrogen and oxygen atoms in total. The molecule has 1 heterocycles. The molecule has 0 bridgehead atoms. The predicted molar refractivity (Wildman–Crippen MR) is 90.0 cm³/mol. The maximum atomic E-state index is 12.6. The molecular weight excluding hydrogens is 308 g/mol. The number of benzene rings is 1. The van der Waals surface area contributed by atoms with E-state index in [9.17, 15) is 9.90 Å². The van der Waals surface area contributed by atoms with Crippen LogP contribution in [0.3, 0.4) is 0 Å². The number of nitrogens with zero attached hydrogens (tertiary/aromatic N) is 2. The average Bonchev–Trinajstić information content (AvgIpc) is 2.91. The number of carbonyl (C=O) groups excluding carboxylic acids is 1. The number of aliphatic hydroxyl groups is 1. The van der Waals surface area contributed by atoms with E-state index in [1.807, 2.05) is 27.7 Å². The highest BCUT2D eigenvalue weighted by atomic mass is 16.5. The van der Waals surface area contributed by atoms with Crippen molar-refractivity contribution in [1.82, 2.24) is 10.1 Å². The summed E-state index contributed by atoms with van der Waals surface area (Å²) >= 11 is 0. The number of hydrogen-bond acceptors (Lipinski definition) is 5. The molecule has 2 rings (SSSR count). The van der Waals surface area contributed by atoms with E-state index >= 15 is 0 Å². The van der Waals surface area contributed by atoms with E-state index in [1.165, 1.54) is 0 Å². The van der Waals surface area contributed by atoms with Gasteiger partial charge in [-0.1, -0.05) is 11.2 Å². The summed E-state index contributed by atoms with van der Waals surface area (Å²) in [7, 11) is 0. The molecule has 0 saturated heterocycles. The second-order valence-electron chi connectivity index (χ2n) is 5.74. The molecule has 0 aliphatic carbocycles. The summed E-state index contributed by atoms with van der Waals surface area (Å²) in [6.07, 6.45) is 0. The molecule has 0 aliphatic rings. The first-order chi connectivity index (χ1) is 11.5. The average molecular weight is 332 g/mol. The van der Waals surface area contributed by atoms with Crippen molar-refractivity contribution in [2.45, 2.75) is 40.3 Å². The Morgan fingerprint density at radius 1 is 1.42 bits per heavy atom. The Kier molecular flexibility index (Phi) is 5.98. The Morgan fingerprint density at radius 3 is 2.75 bits per heavy atom. The largest absolute Gasteiger partial charge is 0.489 e. The number of aromatic nitrogens is 1. The van der Waals surface area contributed by atoms with Crippen LogP contribution < -0.4 is 4.74 Å². The summed E-state index contributed by atoms with van der Waals surface area (Å²) < 4.78 is 10.9. The number of carbonyl (C=O) groups is 1. The third kappa shape index (κ3) is 3.94. The fraction of sp³-hybridized carbons (Fsp3) is 0.444. The number of aliphatic hydroxyl groups excluding tert-OH is 1. The van der Waals surface area contributed by atoms with E-state index in [-0.39, 0.29) is 18.6 Å². The van der Waals surface area contributed by atoms with Crippen molar-refractivity contribution in [2.24, 2.45) is 0 Å². The van der Waals surface area contributed by atoms with Gasteiger partial charge in [-0.15, -0.1) is 0 Å². The van der Waals surface area contributed by atoms with Crippen molar-refractivity contribution in [1.29, 1.82) is 0 Å². The van der Waals surface area contributed by atoms with Crippen LogP contribution in [0, 0.1) is 13.8 Å². The van der Waals surface area contributed by atoms with E-state index in [0.29, 0.717) is 24.5 Å². The first kappa shape index (κ1) is 18.0. The molecule has 1 aromatic heterocycles. The fourth-order valence-corrected chi connectivity index (χ4v) is 2.50. The van der Waals surface area contributed by atoms with Crippen molar-refractivity contribution in [3.05, 3.63) is 46.8 Å². The molecule has 1 atom stereocenters. The Bertz CT molecular complexity index is 677. The van der Waals surface area contributed by atoms with Gasteiger partial charge in [0.1, 0.15) is 18.1 Å². The van der Waals surface area contributed by atoms with Gasteiger partial charge in [0.2, 0.25) is 0 Å². The number of ether oxygens (including phenoxy) is 1. The van der Waals surface area contributed by atoms with E-state index in [0.717, 1.165) is 17.0 Å². The minimum absolute atomic E-state index is 0.0676. The zero-order valence-electron chi connectivity index (χ0n) is 14.6. The number of amides is 1. The van der Waals surface area contributed by atoms with Crippen LogP contribution in [0.15, 0.2) is 28.8 Å². The molecule has 130 valence electrons. The number of rotatable bonds is 7. The molecule has 0 spiro atoms. The third-order valence-electron chi connectivity index (χ3n) is 4.04. The lowest BCUT2D eigenvalue weighted by molar-refractivity contribution is 0.0632. The predicted octanol–water partition coefficient (Wildman–Crippen LogP) is 2.71. The molecule has 1 amide bonds. The van der Waals surface area contributed by atoms with Gasteiger partial charge in [-0.3, -0.25) is 4.79 Å². The minimum Gasteiger partial charge on any atom is -0.489 e. The Hall–Kier alpha value is -2.34. The van der Waals surface area contributed by atoms with Crippen LogP contribution in [0.1, 0.15) is 41.2 Å². The molecule has 1 aromatic carbocycles. The topological polar surface area (TPSA) is 75.8 Å². The highest BCUT2D eigenvalue weighted by Crippen LogP contribution is 2.19. The minimum atomic E-state index is -0.227. The maximum absolute atomic E-state index is 12.6. The van der Waals surface area contributed by atoms with Gasteiger partial charge in [-0.25, -0.2) is 0 Å². The molecule has 0 unspecified atom stereocenters. The van der Waals surface area contributed by atoms with Crippen LogP contribution in [-0.4, -0.2) is 40.3 Å². The molecular formula is C18H24N2O4. The van der Waals surface area contributed by atoms with Gasteiger partial charge in [-0.2, -0.15) is 0 Å². The highest BCUT2D eigenvalue weighted by molar-refractivity contribution is 5.94. The molecule has 0 saturated carbocycles. The van der Waals surface area contributed by atoms with Crippen molar-refractivity contribution < 1.29 is 19.2 Å². The summed E-state index contributed by atoms with van der Waals surface area (Å²) in [6, 6.07) is 6.83. The second kappa shape index (κ2) is 7.97. The van der Waals surface area contributed by atoms with Gasteiger partial charge in [0, 0.05) is 12.1 Å². The van der Waals surface area contributed by atoms with E-state index < -0.39 is 0 Å². The van der Waals surface area contributed by atoms with Crippen LogP contribution in [0.25, 0.3) is 0 Å². The smallest absolute Gasteiger partial charge is 0.254 e. The molecule has 1 N–H and O–H groups in total. The Morgan fingerprint density at radius 2 is 2.17 bits per heavy atom. The lowest BCUT2D eigenvalue weighted by Gasteiger charge is -2.26. The highest BCUT2D eigenvalue weighted by Gasteiger charge is 2.19. The van der Waals surface area contributed by atoms with E-state index in [2.05, 4.69) is 5.16 Å². The standard InChI is InChI=1S/C18H24N2O4/c1-5-20(12(2)10-21)18(22)15-7-6-8-16(9-15)23-11-17-13(3)19-24-14(17)4/h6-9,12,21H,5,10-11H2,1-4H3/t12-/m0/s1. The monoisotopic (exact) mass is 332 g/mol. The first-order valence-corrected chi connectivity index (χ1v) is 8.04. The third-order valence-corrected chi connectivity index (χ3v) is 4.04. The quantitative estimate of drug-likeness (QED) is 0.844. The molecule has 0 radical (unpaired) electrons. The van der Waals surface area contributed by atoms with E-state index in [4.69, 9.17) is 9.26 Å². The fourth-order valence-electron chi connectivity index (χ4n) is 2.50. The zero-order valence-corrected chi connectivity index (χ0v) is 14.6. The van der Waals surface area contributed by atoms with Gasteiger partial charge < -0.3 is 19.3 Å². The van der Waals surface area contributed by atoms with E-state index in [1.54, 1.807) is 29.2 Å². The maximum Gasteiger partial charge on any atom is 0.254 e. The lowest BCUT2D eigenvalue weighted by Crippen LogP contribution is -2.40. The molecule has 0 aliphatic heterocycles. The summed E-state index contributed by atoms with van der Waals surface area (Å²) in [5.74, 6) is 1.21. The second-order valence-corrected chi connectivity index (χ2v) is 5.74. The number of likely N-dealkylation sites (N-methyl/N-ethyl adjacent to an activating group) is 1. The Balaban J connectivity index is 2.12. The van der Waals surface area contributed by atoms with Gasteiger partial charge >= 0.3 is 0 Å². The SMILES string of the molecule is CCN(C(=O)c1cccc(OCc2c(C)noc2C)c1)[C@@H](C)CO. The van der Waals surface area contributed by atoms with Crippen molar-refractivity contribution >= 4 is 5.91 Å². The summed E-state index contributed by atoms with van der Waals surface area (Å²) in [6.45, 7) is 8.22. The van der Waals surface area contributed by atoms with Crippen LogP contribution in [0.5, 0.6) is 5.75 Å². The van der Waals surface area contributed by atoms with Crippen molar-refractivity contribution in [2.75, 3.05) is 13.2 Å². The van der Waals surface area contributed by atoms with Crippen LogP contribution in [0.2, 0.25) is 0 Å². The van der Waals surface area contributed by atoms with Crippen molar-refractivity contribution in [3.63, 3.8) is 0 Å². The molecule has 6 heteroatoms. The summed E-state index contributed by atoms with van der Waals surface area (Å²) in [5, 5.41) is 13.2. The first-order valence-electron chi connectivity index (χ1n) is 8.04. The molecule has 0 fully saturated rings. The molecule has 2 aromatic rings. The van der Waals surface area contributed by atoms with Gasteiger partial charge in [-0.05, 0) is 45.9 Å². The van der Waals surface area contributed by atoms with Gasteiger partial charge in [0.15, 0.2) is 0 Å². The van der Waals surface area contributed by atoms with Crippen LogP contribution in [-0.2, 0) is 6.61 Å². The zero-order chi connectivity index (χ0) is 17.7.